The number of aromatic nitrogens is 2. The van der Waals surface area contributed by atoms with Crippen molar-refractivity contribution in [1.82, 2.24) is 14.7 Å². The van der Waals surface area contributed by atoms with Crippen LogP contribution in [0.5, 0.6) is 0 Å². The zero-order valence-electron chi connectivity index (χ0n) is 16.8. The number of fused-ring (bicyclic) bond motifs is 1. The first-order valence-corrected chi connectivity index (χ1v) is 13.6. The second-order valence-electron chi connectivity index (χ2n) is 8.31. The number of thiophene rings is 1. The van der Waals surface area contributed by atoms with Gasteiger partial charge in [-0.25, -0.2) is 8.42 Å². The van der Waals surface area contributed by atoms with Gasteiger partial charge in [0.25, 0.3) is 5.91 Å². The highest BCUT2D eigenvalue weighted by molar-refractivity contribution is 7.91. The van der Waals surface area contributed by atoms with Crippen molar-refractivity contribution in [3.8, 4) is 0 Å². The summed E-state index contributed by atoms with van der Waals surface area (Å²) >= 11 is 13.7. The molecule has 0 bridgehead atoms. The molecule has 0 N–H and O–H groups in total. The Morgan fingerprint density at radius 1 is 1.23 bits per heavy atom. The van der Waals surface area contributed by atoms with E-state index >= 15 is 0 Å². The fourth-order valence-electron chi connectivity index (χ4n) is 4.24. The lowest BCUT2D eigenvalue weighted by molar-refractivity contribution is 0.0686. The number of aryl methyl sites for hydroxylation is 1. The third kappa shape index (κ3) is 4.11. The van der Waals surface area contributed by atoms with Gasteiger partial charge in [0.2, 0.25) is 0 Å². The van der Waals surface area contributed by atoms with Gasteiger partial charge < -0.3 is 4.90 Å². The molecule has 2 aliphatic rings. The zero-order valence-corrected chi connectivity index (χ0v) is 20.0. The Kier molecular flexibility index (Phi) is 5.32. The van der Waals surface area contributed by atoms with E-state index in [1.54, 1.807) is 12.1 Å². The molecule has 3 heterocycles. The van der Waals surface area contributed by atoms with E-state index in [4.69, 9.17) is 23.2 Å². The highest BCUT2D eigenvalue weighted by atomic mass is 35.5. The van der Waals surface area contributed by atoms with Gasteiger partial charge >= 0.3 is 0 Å². The van der Waals surface area contributed by atoms with E-state index < -0.39 is 9.84 Å². The summed E-state index contributed by atoms with van der Waals surface area (Å²) in [5.41, 5.74) is 1.74. The molecule has 5 rings (SSSR count). The Labute approximate surface area is 194 Å². The van der Waals surface area contributed by atoms with Gasteiger partial charge in [-0.05, 0) is 49.9 Å². The quantitative estimate of drug-likeness (QED) is 0.518. The average Bonchev–Trinajstić information content (AvgIpc) is 3.20. The number of nitrogens with zero attached hydrogens (tertiary/aromatic N) is 3. The summed E-state index contributed by atoms with van der Waals surface area (Å²) in [6, 6.07) is 7.20. The monoisotopic (exact) mass is 497 g/mol. The van der Waals surface area contributed by atoms with Crippen LogP contribution in [0.4, 0.5) is 0 Å². The SMILES string of the molecule is Cc1nn(Cc2ccc(Cl)cc2Cl)c2sc(C(=O)N(C3CC3)C3CCS(=O)(=O)C3)cc12. The molecule has 3 aromatic rings. The topological polar surface area (TPSA) is 72.3 Å². The molecule has 1 atom stereocenters. The molecule has 164 valence electrons. The highest BCUT2D eigenvalue weighted by Gasteiger charge is 2.42. The molecule has 10 heteroatoms. The largest absolute Gasteiger partial charge is 0.331 e. The van der Waals surface area contributed by atoms with Gasteiger partial charge in [-0.2, -0.15) is 5.10 Å². The molecule has 31 heavy (non-hydrogen) atoms. The van der Waals surface area contributed by atoms with Crippen LogP contribution < -0.4 is 0 Å². The first-order chi connectivity index (χ1) is 14.7. The molecule has 1 saturated heterocycles. The summed E-state index contributed by atoms with van der Waals surface area (Å²) in [6.45, 7) is 2.40. The molecule has 1 unspecified atom stereocenters. The Hall–Kier alpha value is -1.61. The van der Waals surface area contributed by atoms with E-state index in [2.05, 4.69) is 5.10 Å². The number of rotatable bonds is 5. The number of halogens is 2. The summed E-state index contributed by atoms with van der Waals surface area (Å²) < 4.78 is 25.8. The van der Waals surface area contributed by atoms with Crippen LogP contribution in [0.3, 0.4) is 0 Å². The molecule has 2 aromatic heterocycles. The lowest BCUT2D eigenvalue weighted by atomic mass is 10.2. The Morgan fingerprint density at radius 2 is 2.00 bits per heavy atom. The van der Waals surface area contributed by atoms with E-state index in [1.165, 1.54) is 11.3 Å². The van der Waals surface area contributed by atoms with Crippen LogP contribution in [0.15, 0.2) is 24.3 Å². The van der Waals surface area contributed by atoms with E-state index in [9.17, 15) is 13.2 Å². The summed E-state index contributed by atoms with van der Waals surface area (Å²) in [5, 5.41) is 6.72. The first kappa shape index (κ1) is 21.2. The Balaban J connectivity index is 1.47. The van der Waals surface area contributed by atoms with Crippen LogP contribution in [0, 0.1) is 6.92 Å². The molecule has 1 aromatic carbocycles. The predicted molar refractivity (Wildman–Crippen MR) is 124 cm³/mol. The lowest BCUT2D eigenvalue weighted by Crippen LogP contribution is -2.42. The molecule has 1 aliphatic carbocycles. The van der Waals surface area contributed by atoms with Gasteiger partial charge in [0.05, 0.1) is 28.6 Å². The normalized spacial score (nSPS) is 20.4. The van der Waals surface area contributed by atoms with Gasteiger partial charge in [0, 0.05) is 27.5 Å². The van der Waals surface area contributed by atoms with Crippen molar-refractivity contribution < 1.29 is 13.2 Å². The van der Waals surface area contributed by atoms with Crippen molar-refractivity contribution in [2.75, 3.05) is 11.5 Å². The van der Waals surface area contributed by atoms with E-state index in [1.807, 2.05) is 28.6 Å². The van der Waals surface area contributed by atoms with E-state index in [0.29, 0.717) is 27.9 Å². The average molecular weight is 498 g/mol. The molecular formula is C21H21Cl2N3O3S2. The third-order valence-electron chi connectivity index (χ3n) is 5.93. The first-order valence-electron chi connectivity index (χ1n) is 10.2. The predicted octanol–water partition coefficient (Wildman–Crippen LogP) is 4.55. The standard InChI is InChI=1S/C21H21Cl2N3O3S2/c1-12-17-9-19(20(27)26(15-4-5-15)16-6-7-31(28,29)11-16)30-21(17)25(24-12)10-13-2-3-14(22)8-18(13)23/h2-3,8-9,15-16H,4-7,10-11H2,1H3. The van der Waals surface area contributed by atoms with Gasteiger partial charge in [-0.15, -0.1) is 11.3 Å². The number of hydrogen-bond acceptors (Lipinski definition) is 5. The molecule has 1 saturated carbocycles. The fraction of sp³-hybridized carbons (Fsp3) is 0.429. The number of amides is 1. The lowest BCUT2D eigenvalue weighted by Gasteiger charge is -2.27. The maximum Gasteiger partial charge on any atom is 0.264 e. The van der Waals surface area contributed by atoms with E-state index in [0.717, 1.165) is 34.3 Å². The summed E-state index contributed by atoms with van der Waals surface area (Å²) in [7, 11) is -3.06. The van der Waals surface area contributed by atoms with Crippen molar-refractivity contribution in [2.45, 2.75) is 44.8 Å². The molecule has 0 radical (unpaired) electrons. The van der Waals surface area contributed by atoms with Crippen molar-refractivity contribution in [2.24, 2.45) is 0 Å². The molecule has 1 amide bonds. The second kappa shape index (κ2) is 7.76. The number of carbonyl (C=O) groups excluding carboxylic acids is 1. The maximum absolute atomic E-state index is 13.4. The molecule has 2 fully saturated rings. The van der Waals surface area contributed by atoms with Crippen LogP contribution in [0.1, 0.15) is 40.2 Å². The summed E-state index contributed by atoms with van der Waals surface area (Å²) in [4.78, 5) is 16.8. The maximum atomic E-state index is 13.4. The smallest absolute Gasteiger partial charge is 0.264 e. The zero-order chi connectivity index (χ0) is 21.9. The van der Waals surface area contributed by atoms with Crippen molar-refractivity contribution in [1.29, 1.82) is 0 Å². The van der Waals surface area contributed by atoms with Crippen molar-refractivity contribution in [3.63, 3.8) is 0 Å². The highest BCUT2D eigenvalue weighted by Crippen LogP contribution is 2.36. The van der Waals surface area contributed by atoms with Crippen molar-refractivity contribution >= 4 is 60.5 Å². The summed E-state index contributed by atoms with van der Waals surface area (Å²) in [6.07, 6.45) is 2.40. The molecule has 6 nitrogen and oxygen atoms in total. The minimum absolute atomic E-state index is 0.0683. The van der Waals surface area contributed by atoms with Crippen molar-refractivity contribution in [3.05, 3.63) is 50.4 Å². The van der Waals surface area contributed by atoms with Gasteiger partial charge in [-0.1, -0.05) is 29.3 Å². The van der Waals surface area contributed by atoms with Crippen LogP contribution in [0.25, 0.3) is 10.2 Å². The second-order valence-corrected chi connectivity index (χ2v) is 12.4. The van der Waals surface area contributed by atoms with E-state index in [-0.39, 0.29) is 29.5 Å². The number of benzene rings is 1. The number of sulfone groups is 1. The molecular weight excluding hydrogens is 477 g/mol. The number of hydrogen-bond donors (Lipinski definition) is 0. The Morgan fingerprint density at radius 3 is 2.65 bits per heavy atom. The van der Waals surface area contributed by atoms with Crippen LogP contribution in [0.2, 0.25) is 10.0 Å². The Bertz CT molecular complexity index is 1290. The molecule has 1 aliphatic heterocycles. The minimum atomic E-state index is -3.06. The van der Waals surface area contributed by atoms with Gasteiger partial charge in [0.1, 0.15) is 4.83 Å². The third-order valence-corrected chi connectivity index (χ3v) is 9.40. The number of carbonyl (C=O) groups is 1. The van der Waals surface area contributed by atoms with Crippen LogP contribution >= 0.6 is 34.5 Å². The van der Waals surface area contributed by atoms with Crippen LogP contribution in [-0.2, 0) is 16.4 Å². The fourth-order valence-corrected chi connectivity index (χ4v) is 7.53. The minimum Gasteiger partial charge on any atom is -0.331 e. The summed E-state index contributed by atoms with van der Waals surface area (Å²) in [5.74, 6) is 0.166. The van der Waals surface area contributed by atoms with Gasteiger partial charge in [0.15, 0.2) is 9.84 Å². The molecule has 0 spiro atoms. The van der Waals surface area contributed by atoms with Crippen LogP contribution in [-0.4, -0.2) is 52.6 Å². The van der Waals surface area contributed by atoms with Gasteiger partial charge in [-0.3, -0.25) is 9.48 Å².